The molecular weight excluding hydrogens is 226 g/mol. The molecule has 0 N–H and O–H groups in total. The van der Waals surface area contributed by atoms with Gasteiger partial charge < -0.3 is 4.42 Å². The summed E-state index contributed by atoms with van der Waals surface area (Å²) in [6.45, 7) is 3.99. The number of para-hydroxylation sites is 1. The number of hydrogen-bond donors (Lipinski definition) is 0. The molecule has 0 spiro atoms. The van der Waals surface area contributed by atoms with Crippen LogP contribution in [0, 0.1) is 23.2 Å². The van der Waals surface area contributed by atoms with E-state index in [9.17, 15) is 4.79 Å². The predicted octanol–water partition coefficient (Wildman–Crippen LogP) is 3.80. The first-order valence-corrected chi connectivity index (χ1v) is 6.04. The summed E-state index contributed by atoms with van der Waals surface area (Å²) in [6.07, 6.45) is 0.562. The van der Waals surface area contributed by atoms with Gasteiger partial charge in [0.1, 0.15) is 11.5 Å². The van der Waals surface area contributed by atoms with Crippen LogP contribution in [0.5, 0.6) is 0 Å². The molecule has 3 heteroatoms. The van der Waals surface area contributed by atoms with Crippen molar-refractivity contribution in [3.8, 4) is 6.07 Å². The van der Waals surface area contributed by atoms with Gasteiger partial charge in [-0.25, -0.2) is 0 Å². The molecule has 0 fully saturated rings. The van der Waals surface area contributed by atoms with E-state index in [1.807, 2.05) is 38.1 Å². The highest BCUT2D eigenvalue weighted by molar-refractivity contribution is 6.00. The third-order valence-corrected chi connectivity index (χ3v) is 2.85. The fourth-order valence-electron chi connectivity index (χ4n) is 1.96. The van der Waals surface area contributed by atoms with Crippen LogP contribution >= 0.6 is 0 Å². The van der Waals surface area contributed by atoms with Crippen LogP contribution in [0.3, 0.4) is 0 Å². The predicted molar refractivity (Wildman–Crippen MR) is 69.1 cm³/mol. The summed E-state index contributed by atoms with van der Waals surface area (Å²) in [5.41, 5.74) is 0.682. The van der Waals surface area contributed by atoms with Crippen LogP contribution in [-0.2, 0) is 0 Å². The van der Waals surface area contributed by atoms with E-state index >= 15 is 0 Å². The molecule has 1 unspecified atom stereocenters. The average Bonchev–Trinajstić information content (AvgIpc) is 2.78. The van der Waals surface area contributed by atoms with E-state index in [2.05, 4.69) is 6.07 Å². The molecule has 0 radical (unpaired) electrons. The van der Waals surface area contributed by atoms with Crippen molar-refractivity contribution < 1.29 is 9.21 Å². The summed E-state index contributed by atoms with van der Waals surface area (Å²) in [6, 6.07) is 11.2. The second kappa shape index (κ2) is 5.05. The van der Waals surface area contributed by atoms with Crippen molar-refractivity contribution in [2.45, 2.75) is 20.3 Å². The number of nitriles is 1. The Labute approximate surface area is 106 Å². The fraction of sp³-hybridized carbons (Fsp3) is 0.333. The quantitative estimate of drug-likeness (QED) is 0.765. The highest BCUT2D eigenvalue weighted by atomic mass is 16.3. The fourth-order valence-corrected chi connectivity index (χ4v) is 1.96. The Morgan fingerprint density at radius 3 is 2.72 bits per heavy atom. The van der Waals surface area contributed by atoms with E-state index in [0.717, 1.165) is 5.39 Å². The van der Waals surface area contributed by atoms with Crippen molar-refractivity contribution in [3.63, 3.8) is 0 Å². The van der Waals surface area contributed by atoms with E-state index in [1.165, 1.54) is 0 Å². The Kier molecular flexibility index (Phi) is 3.47. The van der Waals surface area contributed by atoms with Crippen LogP contribution in [0.15, 0.2) is 34.7 Å². The Hall–Kier alpha value is -2.08. The maximum Gasteiger partial charge on any atom is 0.215 e. The monoisotopic (exact) mass is 241 g/mol. The van der Waals surface area contributed by atoms with E-state index in [-0.39, 0.29) is 11.5 Å². The van der Waals surface area contributed by atoms with Crippen molar-refractivity contribution in [1.29, 1.82) is 5.26 Å². The number of nitrogens with zero attached hydrogens (tertiary/aromatic N) is 1. The average molecular weight is 241 g/mol. The van der Waals surface area contributed by atoms with Gasteiger partial charge in [0.15, 0.2) is 5.76 Å². The lowest BCUT2D eigenvalue weighted by atomic mass is 9.93. The number of Topliss-reactive ketones (excluding diaryl/α,β-unsaturated/α-hetero) is 1. The largest absolute Gasteiger partial charge is 0.453 e. The molecule has 3 nitrogen and oxygen atoms in total. The van der Waals surface area contributed by atoms with E-state index in [4.69, 9.17) is 9.68 Å². The van der Waals surface area contributed by atoms with Gasteiger partial charge in [0.2, 0.25) is 5.78 Å². The molecule has 2 rings (SSSR count). The molecule has 92 valence electrons. The third kappa shape index (κ3) is 2.43. The Morgan fingerprint density at radius 2 is 2.11 bits per heavy atom. The lowest BCUT2D eigenvalue weighted by Gasteiger charge is -2.08. The molecule has 1 atom stereocenters. The number of rotatable bonds is 4. The molecule has 0 bridgehead atoms. The molecule has 1 aromatic carbocycles. The summed E-state index contributed by atoms with van der Waals surface area (Å²) >= 11 is 0. The van der Waals surface area contributed by atoms with Crippen molar-refractivity contribution in [3.05, 3.63) is 36.1 Å². The Morgan fingerprint density at radius 1 is 1.39 bits per heavy atom. The normalized spacial score (nSPS) is 12.6. The molecule has 18 heavy (non-hydrogen) atoms. The first kappa shape index (κ1) is 12.4. The Balaban J connectivity index is 2.30. The van der Waals surface area contributed by atoms with Crippen molar-refractivity contribution in [1.82, 2.24) is 0 Å². The summed E-state index contributed by atoms with van der Waals surface area (Å²) in [4.78, 5) is 12.2. The zero-order chi connectivity index (χ0) is 13.1. The van der Waals surface area contributed by atoms with Gasteiger partial charge in [-0.2, -0.15) is 5.26 Å². The second-order valence-electron chi connectivity index (χ2n) is 4.82. The third-order valence-electron chi connectivity index (χ3n) is 2.85. The number of furan rings is 1. The molecule has 0 aliphatic rings. The molecule has 1 aromatic heterocycles. The second-order valence-corrected chi connectivity index (χ2v) is 4.82. The molecule has 0 aliphatic heterocycles. The minimum atomic E-state index is -0.620. The number of hydrogen-bond acceptors (Lipinski definition) is 3. The number of ketones is 1. The van der Waals surface area contributed by atoms with E-state index in [1.54, 1.807) is 6.07 Å². The standard InChI is InChI=1S/C15H15NO2/c1-10(2)7-12(9-16)15(17)14-8-11-5-3-4-6-13(11)18-14/h3-6,8,10,12H,7H2,1-2H3. The lowest BCUT2D eigenvalue weighted by molar-refractivity contribution is 0.0911. The Bertz CT molecular complexity index is 571. The van der Waals surface area contributed by atoms with Crippen LogP contribution in [0.1, 0.15) is 30.8 Å². The number of carbonyl (C=O) groups is 1. The summed E-state index contributed by atoms with van der Waals surface area (Å²) in [5.74, 6) is -0.251. The maximum absolute atomic E-state index is 12.2. The van der Waals surface area contributed by atoms with Crippen LogP contribution in [0.2, 0.25) is 0 Å². The summed E-state index contributed by atoms with van der Waals surface area (Å²) in [7, 11) is 0. The highest BCUT2D eigenvalue weighted by Gasteiger charge is 2.23. The van der Waals surface area contributed by atoms with Crippen LogP contribution in [0.25, 0.3) is 11.0 Å². The molecule has 0 aliphatic carbocycles. The van der Waals surface area contributed by atoms with Gasteiger partial charge in [-0.1, -0.05) is 32.0 Å². The molecule has 0 saturated heterocycles. The van der Waals surface area contributed by atoms with E-state index in [0.29, 0.717) is 17.9 Å². The number of carbonyl (C=O) groups excluding carboxylic acids is 1. The van der Waals surface area contributed by atoms with Crippen LogP contribution in [0.4, 0.5) is 0 Å². The number of benzene rings is 1. The summed E-state index contributed by atoms with van der Waals surface area (Å²) < 4.78 is 5.49. The van der Waals surface area contributed by atoms with Crippen LogP contribution in [-0.4, -0.2) is 5.78 Å². The number of fused-ring (bicyclic) bond motifs is 1. The van der Waals surface area contributed by atoms with Crippen LogP contribution < -0.4 is 0 Å². The SMILES string of the molecule is CC(C)CC(C#N)C(=O)c1cc2ccccc2o1. The maximum atomic E-state index is 12.2. The molecule has 1 heterocycles. The van der Waals surface area contributed by atoms with Gasteiger partial charge in [-0.15, -0.1) is 0 Å². The minimum Gasteiger partial charge on any atom is -0.453 e. The minimum absolute atomic E-state index is 0.220. The zero-order valence-corrected chi connectivity index (χ0v) is 10.5. The van der Waals surface area contributed by atoms with Gasteiger partial charge >= 0.3 is 0 Å². The zero-order valence-electron chi connectivity index (χ0n) is 10.5. The highest BCUT2D eigenvalue weighted by Crippen LogP contribution is 2.23. The van der Waals surface area contributed by atoms with Crippen molar-refractivity contribution >= 4 is 16.8 Å². The molecule has 2 aromatic rings. The lowest BCUT2D eigenvalue weighted by Crippen LogP contribution is -2.14. The van der Waals surface area contributed by atoms with Gasteiger partial charge in [0.25, 0.3) is 0 Å². The van der Waals surface area contributed by atoms with Gasteiger partial charge in [-0.3, -0.25) is 4.79 Å². The van der Waals surface area contributed by atoms with E-state index < -0.39 is 5.92 Å². The summed E-state index contributed by atoms with van der Waals surface area (Å²) in [5, 5.41) is 9.96. The van der Waals surface area contributed by atoms with Gasteiger partial charge in [0.05, 0.1) is 6.07 Å². The first-order chi connectivity index (χ1) is 8.61. The topological polar surface area (TPSA) is 54.0 Å². The van der Waals surface area contributed by atoms with Crippen molar-refractivity contribution in [2.24, 2.45) is 11.8 Å². The smallest absolute Gasteiger partial charge is 0.215 e. The van der Waals surface area contributed by atoms with Gasteiger partial charge in [0, 0.05) is 5.39 Å². The molecule has 0 amide bonds. The molecule has 0 saturated carbocycles. The van der Waals surface area contributed by atoms with Gasteiger partial charge in [-0.05, 0) is 24.5 Å². The molecular formula is C15H15NO2. The first-order valence-electron chi connectivity index (χ1n) is 6.04. The van der Waals surface area contributed by atoms with Crippen molar-refractivity contribution in [2.75, 3.05) is 0 Å².